The Morgan fingerprint density at radius 1 is 1.09 bits per heavy atom. The molecule has 1 saturated heterocycles. The molecular weight excluding hydrogens is 432 g/mol. The van der Waals surface area contributed by atoms with Gasteiger partial charge in [0.2, 0.25) is 5.91 Å². The van der Waals surface area contributed by atoms with E-state index in [1.54, 1.807) is 6.92 Å². The first kappa shape index (κ1) is 25.3. The summed E-state index contributed by atoms with van der Waals surface area (Å²) >= 11 is 0. The summed E-state index contributed by atoms with van der Waals surface area (Å²) in [4.78, 5) is 39.5. The molecule has 2 amide bonds. The molecule has 1 fully saturated rings. The molecule has 1 aliphatic heterocycles. The fraction of sp³-hybridized carbons (Fsp3) is 0.444. The fourth-order valence-electron chi connectivity index (χ4n) is 3.85. The van der Waals surface area contributed by atoms with Crippen molar-refractivity contribution in [2.75, 3.05) is 19.7 Å². The van der Waals surface area contributed by atoms with Crippen LogP contribution < -0.4 is 10.1 Å². The maximum atomic E-state index is 13.1. The van der Waals surface area contributed by atoms with E-state index in [2.05, 4.69) is 26.1 Å². The lowest BCUT2D eigenvalue weighted by molar-refractivity contribution is -0.154. The maximum Gasteiger partial charge on any atom is 0.308 e. The molecule has 2 aromatic rings. The molecule has 2 aromatic carbocycles. The average molecular weight is 467 g/mol. The molecule has 34 heavy (non-hydrogen) atoms. The SMILES string of the molecule is CC(Oc1ccc(C(C)(C)C)cc1)C(=O)N1CCNC(=O)C1CC(=O)OCCc1ccccc1. The molecule has 1 aliphatic rings. The van der Waals surface area contributed by atoms with Crippen LogP contribution in [0.1, 0.15) is 45.2 Å². The highest BCUT2D eigenvalue weighted by Crippen LogP contribution is 2.25. The minimum atomic E-state index is -0.917. The monoisotopic (exact) mass is 466 g/mol. The summed E-state index contributed by atoms with van der Waals surface area (Å²) in [6.07, 6.45) is -0.410. The highest BCUT2D eigenvalue weighted by atomic mass is 16.5. The molecule has 0 spiro atoms. The largest absolute Gasteiger partial charge is 0.481 e. The second kappa shape index (κ2) is 11.2. The number of hydrogen-bond acceptors (Lipinski definition) is 5. The Hall–Kier alpha value is -3.35. The molecule has 7 heteroatoms. The number of piperazine rings is 1. The summed E-state index contributed by atoms with van der Waals surface area (Å²) in [6, 6.07) is 16.4. The van der Waals surface area contributed by atoms with Crippen LogP contribution in [-0.2, 0) is 31.0 Å². The van der Waals surface area contributed by atoms with Gasteiger partial charge in [0, 0.05) is 19.5 Å². The zero-order chi connectivity index (χ0) is 24.7. The van der Waals surface area contributed by atoms with E-state index < -0.39 is 18.1 Å². The van der Waals surface area contributed by atoms with Crippen LogP contribution in [0.3, 0.4) is 0 Å². The van der Waals surface area contributed by atoms with Crippen LogP contribution in [0.5, 0.6) is 5.75 Å². The number of carbonyl (C=O) groups is 3. The Labute approximate surface area is 201 Å². The van der Waals surface area contributed by atoms with E-state index in [9.17, 15) is 14.4 Å². The first-order valence-electron chi connectivity index (χ1n) is 11.7. The Morgan fingerprint density at radius 3 is 2.41 bits per heavy atom. The van der Waals surface area contributed by atoms with Gasteiger partial charge in [-0.15, -0.1) is 0 Å². The predicted molar refractivity (Wildman–Crippen MR) is 129 cm³/mol. The third-order valence-electron chi connectivity index (χ3n) is 5.85. The molecule has 2 atom stereocenters. The van der Waals surface area contributed by atoms with Gasteiger partial charge in [0.05, 0.1) is 13.0 Å². The van der Waals surface area contributed by atoms with Crippen molar-refractivity contribution in [2.45, 2.75) is 58.1 Å². The van der Waals surface area contributed by atoms with Gasteiger partial charge in [-0.3, -0.25) is 14.4 Å². The number of amides is 2. The fourth-order valence-corrected chi connectivity index (χ4v) is 3.85. The molecule has 0 bridgehead atoms. The van der Waals surface area contributed by atoms with Gasteiger partial charge in [-0.1, -0.05) is 63.2 Å². The number of benzene rings is 2. The van der Waals surface area contributed by atoms with Crippen molar-refractivity contribution < 1.29 is 23.9 Å². The Balaban J connectivity index is 1.57. The van der Waals surface area contributed by atoms with Crippen molar-refractivity contribution >= 4 is 17.8 Å². The molecule has 1 heterocycles. The molecule has 182 valence electrons. The van der Waals surface area contributed by atoms with Crippen LogP contribution in [0.25, 0.3) is 0 Å². The molecule has 0 aliphatic carbocycles. The Bertz CT molecular complexity index is 982. The normalized spacial score (nSPS) is 17.0. The van der Waals surface area contributed by atoms with E-state index in [1.807, 2.05) is 54.6 Å². The van der Waals surface area contributed by atoms with Crippen LogP contribution in [0.4, 0.5) is 0 Å². The molecular formula is C27H34N2O5. The van der Waals surface area contributed by atoms with Crippen molar-refractivity contribution in [3.8, 4) is 5.75 Å². The molecule has 3 rings (SSSR count). The molecule has 2 unspecified atom stereocenters. The topological polar surface area (TPSA) is 84.9 Å². The van der Waals surface area contributed by atoms with Crippen molar-refractivity contribution in [1.29, 1.82) is 0 Å². The number of rotatable bonds is 8. The minimum Gasteiger partial charge on any atom is -0.481 e. The van der Waals surface area contributed by atoms with Gasteiger partial charge < -0.3 is 19.7 Å². The summed E-state index contributed by atoms with van der Waals surface area (Å²) < 4.78 is 11.2. The molecule has 0 radical (unpaired) electrons. The van der Waals surface area contributed by atoms with Gasteiger partial charge in [0.15, 0.2) is 6.10 Å². The second-order valence-electron chi connectivity index (χ2n) is 9.53. The second-order valence-corrected chi connectivity index (χ2v) is 9.53. The van der Waals surface area contributed by atoms with Gasteiger partial charge >= 0.3 is 5.97 Å². The first-order chi connectivity index (χ1) is 16.1. The number of hydrogen-bond donors (Lipinski definition) is 1. The van der Waals surface area contributed by atoms with E-state index in [0.29, 0.717) is 25.3 Å². The van der Waals surface area contributed by atoms with Gasteiger partial charge in [0.25, 0.3) is 5.91 Å². The average Bonchev–Trinajstić information content (AvgIpc) is 2.80. The summed E-state index contributed by atoms with van der Waals surface area (Å²) in [5, 5.41) is 2.73. The van der Waals surface area contributed by atoms with E-state index in [0.717, 1.165) is 11.1 Å². The third-order valence-corrected chi connectivity index (χ3v) is 5.85. The number of nitrogens with one attached hydrogen (secondary N) is 1. The first-order valence-corrected chi connectivity index (χ1v) is 11.7. The summed E-state index contributed by atoms with van der Waals surface area (Å²) in [5.41, 5.74) is 2.24. The van der Waals surface area contributed by atoms with Gasteiger partial charge in [-0.25, -0.2) is 0 Å². The van der Waals surface area contributed by atoms with Crippen LogP contribution in [-0.4, -0.2) is 54.5 Å². The smallest absolute Gasteiger partial charge is 0.308 e. The molecule has 0 saturated carbocycles. The zero-order valence-corrected chi connectivity index (χ0v) is 20.4. The molecule has 1 N–H and O–H groups in total. The summed E-state index contributed by atoms with van der Waals surface area (Å²) in [7, 11) is 0. The number of carbonyl (C=O) groups excluding carboxylic acids is 3. The number of ether oxygens (including phenoxy) is 2. The van der Waals surface area contributed by atoms with Gasteiger partial charge in [0.1, 0.15) is 11.8 Å². The van der Waals surface area contributed by atoms with Crippen LogP contribution >= 0.6 is 0 Å². The minimum absolute atomic E-state index is 0.0179. The van der Waals surface area contributed by atoms with Gasteiger partial charge in [-0.05, 0) is 35.6 Å². The highest BCUT2D eigenvalue weighted by molar-refractivity contribution is 5.93. The Morgan fingerprint density at radius 2 is 1.76 bits per heavy atom. The quantitative estimate of drug-likeness (QED) is 0.604. The summed E-state index contributed by atoms with van der Waals surface area (Å²) in [6.45, 7) is 8.90. The maximum absolute atomic E-state index is 13.1. The zero-order valence-electron chi connectivity index (χ0n) is 20.4. The predicted octanol–water partition coefficient (Wildman–Crippen LogP) is 3.25. The third kappa shape index (κ3) is 6.83. The lowest BCUT2D eigenvalue weighted by Crippen LogP contribution is -2.60. The Kier molecular flexibility index (Phi) is 8.31. The van der Waals surface area contributed by atoms with Crippen molar-refractivity contribution in [3.05, 3.63) is 65.7 Å². The summed E-state index contributed by atoms with van der Waals surface area (Å²) in [5.74, 6) is -0.632. The lowest BCUT2D eigenvalue weighted by Gasteiger charge is -2.36. The van der Waals surface area contributed by atoms with E-state index >= 15 is 0 Å². The van der Waals surface area contributed by atoms with E-state index in [1.165, 1.54) is 4.90 Å². The molecule has 7 nitrogen and oxygen atoms in total. The van der Waals surface area contributed by atoms with Crippen LogP contribution in [0.15, 0.2) is 54.6 Å². The number of esters is 1. The van der Waals surface area contributed by atoms with E-state index in [-0.39, 0.29) is 30.3 Å². The standard InChI is InChI=1S/C27H34N2O5/c1-19(34-22-12-10-21(11-13-22)27(2,3)4)26(32)29-16-15-28-25(31)23(29)18-24(30)33-17-14-20-8-6-5-7-9-20/h5-13,19,23H,14-18H2,1-4H3,(H,28,31). The van der Waals surface area contributed by atoms with Crippen molar-refractivity contribution in [2.24, 2.45) is 0 Å². The number of nitrogens with zero attached hydrogens (tertiary/aromatic N) is 1. The van der Waals surface area contributed by atoms with Crippen LogP contribution in [0.2, 0.25) is 0 Å². The highest BCUT2D eigenvalue weighted by Gasteiger charge is 2.37. The van der Waals surface area contributed by atoms with E-state index in [4.69, 9.17) is 9.47 Å². The lowest BCUT2D eigenvalue weighted by atomic mass is 9.87. The van der Waals surface area contributed by atoms with Crippen molar-refractivity contribution in [3.63, 3.8) is 0 Å². The van der Waals surface area contributed by atoms with Gasteiger partial charge in [-0.2, -0.15) is 0 Å². The van der Waals surface area contributed by atoms with Crippen LogP contribution in [0, 0.1) is 0 Å². The molecule has 0 aromatic heterocycles. The van der Waals surface area contributed by atoms with Crippen molar-refractivity contribution in [1.82, 2.24) is 10.2 Å².